The molecule has 0 saturated carbocycles. The zero-order chi connectivity index (χ0) is 13.5. The standard InChI is InChI=1S/C19H21/c1-18(2,3)19(16-10-5-4-6-11-16)14-13-15-9-7-8-12-17(15)19/h4-6,8-12H,13-14H2,1-3H3. The lowest BCUT2D eigenvalue weighted by atomic mass is 9.59. The average Bonchev–Trinajstić information content (AvgIpc) is 2.80. The fourth-order valence-electron chi connectivity index (χ4n) is 3.78. The smallest absolute Gasteiger partial charge is 0.0257 e. The van der Waals surface area contributed by atoms with Gasteiger partial charge in [0.25, 0.3) is 0 Å². The van der Waals surface area contributed by atoms with Crippen LogP contribution in [-0.4, -0.2) is 0 Å². The molecule has 19 heavy (non-hydrogen) atoms. The predicted molar refractivity (Wildman–Crippen MR) is 80.3 cm³/mol. The highest BCUT2D eigenvalue weighted by molar-refractivity contribution is 5.49. The average molecular weight is 249 g/mol. The van der Waals surface area contributed by atoms with Gasteiger partial charge in [-0.05, 0) is 41.0 Å². The number of aryl methyl sites for hydroxylation is 1. The van der Waals surface area contributed by atoms with Gasteiger partial charge in [-0.15, -0.1) is 0 Å². The van der Waals surface area contributed by atoms with Crippen molar-refractivity contribution in [3.05, 3.63) is 71.3 Å². The molecule has 1 radical (unpaired) electrons. The Balaban J connectivity index is 2.27. The first-order chi connectivity index (χ1) is 9.06. The Kier molecular flexibility index (Phi) is 2.78. The van der Waals surface area contributed by atoms with Crippen LogP contribution in [0.15, 0.2) is 48.5 Å². The van der Waals surface area contributed by atoms with Gasteiger partial charge in [-0.25, -0.2) is 0 Å². The van der Waals surface area contributed by atoms with Gasteiger partial charge in [0.05, 0.1) is 0 Å². The normalized spacial score (nSPS) is 22.3. The van der Waals surface area contributed by atoms with Crippen LogP contribution in [0.4, 0.5) is 0 Å². The molecule has 0 heteroatoms. The molecule has 1 aliphatic carbocycles. The van der Waals surface area contributed by atoms with Gasteiger partial charge in [0, 0.05) is 5.41 Å². The van der Waals surface area contributed by atoms with E-state index in [0.717, 1.165) is 0 Å². The summed E-state index contributed by atoms with van der Waals surface area (Å²) in [6, 6.07) is 20.8. The molecule has 0 aromatic heterocycles. The zero-order valence-electron chi connectivity index (χ0n) is 12.0. The molecular weight excluding hydrogens is 228 g/mol. The third kappa shape index (κ3) is 1.74. The number of rotatable bonds is 1. The summed E-state index contributed by atoms with van der Waals surface area (Å²) < 4.78 is 0. The summed E-state index contributed by atoms with van der Waals surface area (Å²) in [6.45, 7) is 7.10. The summed E-state index contributed by atoms with van der Waals surface area (Å²) in [4.78, 5) is 0. The van der Waals surface area contributed by atoms with Gasteiger partial charge in [-0.3, -0.25) is 0 Å². The third-order valence-electron chi connectivity index (χ3n) is 4.73. The van der Waals surface area contributed by atoms with E-state index in [-0.39, 0.29) is 10.8 Å². The van der Waals surface area contributed by atoms with Gasteiger partial charge in [0.2, 0.25) is 0 Å². The van der Waals surface area contributed by atoms with Crippen LogP contribution in [0, 0.1) is 11.5 Å². The van der Waals surface area contributed by atoms with Crippen molar-refractivity contribution in [2.24, 2.45) is 5.41 Å². The molecule has 0 fully saturated rings. The van der Waals surface area contributed by atoms with Crippen LogP contribution in [0.2, 0.25) is 0 Å². The van der Waals surface area contributed by atoms with Crippen molar-refractivity contribution in [1.29, 1.82) is 0 Å². The van der Waals surface area contributed by atoms with E-state index in [1.807, 2.05) is 0 Å². The van der Waals surface area contributed by atoms with Crippen molar-refractivity contribution in [3.63, 3.8) is 0 Å². The second-order valence-electron chi connectivity index (χ2n) is 6.60. The molecule has 2 aromatic rings. The quantitative estimate of drug-likeness (QED) is 0.683. The van der Waals surface area contributed by atoms with Crippen LogP contribution in [0.3, 0.4) is 0 Å². The van der Waals surface area contributed by atoms with E-state index >= 15 is 0 Å². The van der Waals surface area contributed by atoms with Crippen LogP contribution in [0.1, 0.15) is 43.9 Å². The first-order valence-electron chi connectivity index (χ1n) is 7.11. The van der Waals surface area contributed by atoms with Crippen LogP contribution >= 0.6 is 0 Å². The maximum absolute atomic E-state index is 3.23. The Labute approximate surface area is 116 Å². The Morgan fingerprint density at radius 2 is 1.79 bits per heavy atom. The molecule has 1 aliphatic rings. The Morgan fingerprint density at radius 3 is 2.47 bits per heavy atom. The fourth-order valence-corrected chi connectivity index (χ4v) is 3.78. The third-order valence-corrected chi connectivity index (χ3v) is 4.73. The Morgan fingerprint density at radius 1 is 1.05 bits per heavy atom. The van der Waals surface area contributed by atoms with E-state index in [4.69, 9.17) is 0 Å². The maximum Gasteiger partial charge on any atom is 0.0257 e. The highest BCUT2D eigenvalue weighted by Crippen LogP contribution is 2.54. The van der Waals surface area contributed by atoms with E-state index in [0.29, 0.717) is 0 Å². The van der Waals surface area contributed by atoms with E-state index in [9.17, 15) is 0 Å². The van der Waals surface area contributed by atoms with Crippen molar-refractivity contribution in [2.75, 3.05) is 0 Å². The van der Waals surface area contributed by atoms with Crippen LogP contribution < -0.4 is 0 Å². The van der Waals surface area contributed by atoms with E-state index < -0.39 is 0 Å². The van der Waals surface area contributed by atoms with E-state index in [2.05, 4.69) is 75.4 Å². The molecule has 0 amide bonds. The second-order valence-corrected chi connectivity index (χ2v) is 6.60. The maximum atomic E-state index is 3.23. The first-order valence-corrected chi connectivity index (χ1v) is 7.11. The molecular formula is C19H21. The molecule has 0 aliphatic heterocycles. The molecule has 3 rings (SSSR count). The minimum atomic E-state index is 0.138. The summed E-state index contributed by atoms with van der Waals surface area (Å²) >= 11 is 0. The fraction of sp³-hybridized carbons (Fsp3) is 0.368. The van der Waals surface area contributed by atoms with Crippen LogP contribution in [0.5, 0.6) is 0 Å². The molecule has 0 N–H and O–H groups in total. The van der Waals surface area contributed by atoms with Crippen molar-refractivity contribution in [1.82, 2.24) is 0 Å². The summed E-state index contributed by atoms with van der Waals surface area (Å²) in [7, 11) is 0. The highest BCUT2D eigenvalue weighted by Gasteiger charge is 2.48. The molecule has 0 heterocycles. The minimum Gasteiger partial charge on any atom is -0.0622 e. The summed E-state index contributed by atoms with van der Waals surface area (Å²) in [5, 5.41) is 0. The molecule has 0 nitrogen and oxygen atoms in total. The first kappa shape index (κ1) is 12.5. The van der Waals surface area contributed by atoms with Gasteiger partial charge in [-0.1, -0.05) is 69.3 Å². The number of hydrogen-bond acceptors (Lipinski definition) is 0. The van der Waals surface area contributed by atoms with Gasteiger partial charge in [0.1, 0.15) is 0 Å². The molecule has 1 atom stereocenters. The predicted octanol–water partition coefficient (Wildman–Crippen LogP) is 4.77. The molecule has 0 saturated heterocycles. The van der Waals surface area contributed by atoms with Crippen molar-refractivity contribution in [2.45, 2.75) is 39.0 Å². The van der Waals surface area contributed by atoms with Crippen LogP contribution in [0.25, 0.3) is 0 Å². The lowest BCUT2D eigenvalue weighted by Crippen LogP contribution is -2.39. The van der Waals surface area contributed by atoms with E-state index in [1.54, 1.807) is 0 Å². The minimum absolute atomic E-state index is 0.138. The SMILES string of the molecule is CC(C)(C)C1(c2ccccc2)CCc2c[c]ccc21. The van der Waals surface area contributed by atoms with E-state index in [1.165, 1.54) is 29.5 Å². The monoisotopic (exact) mass is 249 g/mol. The molecule has 0 bridgehead atoms. The topological polar surface area (TPSA) is 0 Å². The van der Waals surface area contributed by atoms with Crippen molar-refractivity contribution >= 4 is 0 Å². The zero-order valence-corrected chi connectivity index (χ0v) is 12.0. The highest BCUT2D eigenvalue weighted by atomic mass is 14.5. The largest absolute Gasteiger partial charge is 0.0622 e. The summed E-state index contributed by atoms with van der Waals surface area (Å²) in [5.41, 5.74) is 4.78. The Hall–Kier alpha value is -1.56. The number of hydrogen-bond donors (Lipinski definition) is 0. The number of fused-ring (bicyclic) bond motifs is 1. The molecule has 2 aromatic carbocycles. The lowest BCUT2D eigenvalue weighted by molar-refractivity contribution is 0.227. The van der Waals surface area contributed by atoms with Gasteiger partial charge in [-0.2, -0.15) is 0 Å². The van der Waals surface area contributed by atoms with Crippen molar-refractivity contribution in [3.8, 4) is 0 Å². The Bertz CT molecular complexity index is 574. The second kappa shape index (κ2) is 4.23. The molecule has 0 spiro atoms. The lowest BCUT2D eigenvalue weighted by Gasteiger charge is -2.43. The summed E-state index contributed by atoms with van der Waals surface area (Å²) in [6.07, 6.45) is 2.37. The summed E-state index contributed by atoms with van der Waals surface area (Å²) in [5.74, 6) is 0. The molecule has 1 unspecified atom stereocenters. The van der Waals surface area contributed by atoms with Gasteiger partial charge in [0.15, 0.2) is 0 Å². The van der Waals surface area contributed by atoms with Crippen LogP contribution in [-0.2, 0) is 11.8 Å². The van der Waals surface area contributed by atoms with Gasteiger partial charge >= 0.3 is 0 Å². The van der Waals surface area contributed by atoms with Gasteiger partial charge < -0.3 is 0 Å². The number of benzene rings is 2. The molecule has 97 valence electrons. The van der Waals surface area contributed by atoms with Crippen molar-refractivity contribution < 1.29 is 0 Å².